The largest absolute Gasteiger partial charge is 0.481 e. The quantitative estimate of drug-likeness (QED) is 0.861. The first-order chi connectivity index (χ1) is 12.6. The molecule has 4 nitrogen and oxygen atoms in total. The molecule has 1 aliphatic rings. The number of carbonyl (C=O) groups is 1. The molecule has 2 aromatic carbocycles. The molecule has 2 aromatic rings. The van der Waals surface area contributed by atoms with E-state index in [0.29, 0.717) is 25.5 Å². The van der Waals surface area contributed by atoms with Gasteiger partial charge in [0, 0.05) is 25.2 Å². The lowest BCUT2D eigenvalue weighted by Gasteiger charge is -2.38. The number of hydrogen-bond donors (Lipinski definition) is 1. The Kier molecular flexibility index (Phi) is 5.89. The Morgan fingerprint density at radius 1 is 1.15 bits per heavy atom. The van der Waals surface area contributed by atoms with E-state index in [-0.39, 0.29) is 17.1 Å². The molecule has 1 aliphatic heterocycles. The molecule has 1 unspecified atom stereocenters. The van der Waals surface area contributed by atoms with E-state index in [4.69, 9.17) is 9.47 Å². The molecular formula is C21H24FNO3. The van der Waals surface area contributed by atoms with Crippen LogP contribution >= 0.6 is 0 Å². The lowest BCUT2D eigenvalue weighted by atomic mass is 9.74. The van der Waals surface area contributed by atoms with Gasteiger partial charge in [0.2, 0.25) is 0 Å². The molecule has 5 heteroatoms. The average Bonchev–Trinajstić information content (AvgIpc) is 2.68. The number of hydrogen-bond acceptors (Lipinski definition) is 3. The molecule has 3 rings (SSSR count). The Balaban J connectivity index is 1.65. The minimum Gasteiger partial charge on any atom is -0.481 e. The zero-order valence-corrected chi connectivity index (χ0v) is 14.9. The number of amides is 1. The van der Waals surface area contributed by atoms with E-state index in [1.165, 1.54) is 12.1 Å². The molecule has 1 N–H and O–H groups in total. The van der Waals surface area contributed by atoms with Crippen molar-refractivity contribution in [1.29, 1.82) is 0 Å². The summed E-state index contributed by atoms with van der Waals surface area (Å²) in [6.07, 6.45) is 0.974. The molecule has 0 aromatic heterocycles. The minimum atomic E-state index is -0.595. The van der Waals surface area contributed by atoms with Crippen molar-refractivity contribution < 1.29 is 18.7 Å². The van der Waals surface area contributed by atoms with E-state index >= 15 is 0 Å². The third kappa shape index (κ3) is 4.41. The van der Waals surface area contributed by atoms with Crippen LogP contribution in [0.25, 0.3) is 0 Å². The lowest BCUT2D eigenvalue weighted by Crippen LogP contribution is -2.47. The molecule has 0 spiro atoms. The van der Waals surface area contributed by atoms with Crippen LogP contribution in [0.15, 0.2) is 54.6 Å². The summed E-state index contributed by atoms with van der Waals surface area (Å²) in [5.74, 6) is 0.237. The Morgan fingerprint density at radius 2 is 1.81 bits per heavy atom. The van der Waals surface area contributed by atoms with Gasteiger partial charge >= 0.3 is 0 Å². The van der Waals surface area contributed by atoms with E-state index in [1.807, 2.05) is 30.3 Å². The molecule has 0 radical (unpaired) electrons. The second-order valence-electron chi connectivity index (χ2n) is 6.69. The van der Waals surface area contributed by atoms with Gasteiger partial charge in [-0.25, -0.2) is 4.39 Å². The maximum Gasteiger partial charge on any atom is 0.260 e. The predicted molar refractivity (Wildman–Crippen MR) is 97.7 cm³/mol. The summed E-state index contributed by atoms with van der Waals surface area (Å²) in [6.45, 7) is 3.47. The topological polar surface area (TPSA) is 47.6 Å². The van der Waals surface area contributed by atoms with Crippen molar-refractivity contribution in [2.75, 3.05) is 19.8 Å². The first kappa shape index (κ1) is 18.4. The molecule has 26 heavy (non-hydrogen) atoms. The van der Waals surface area contributed by atoms with E-state index in [9.17, 15) is 9.18 Å². The van der Waals surface area contributed by atoms with E-state index in [0.717, 1.165) is 18.4 Å². The summed E-state index contributed by atoms with van der Waals surface area (Å²) in [5.41, 5.74) is 0.785. The van der Waals surface area contributed by atoms with Crippen LogP contribution in [0.4, 0.5) is 4.39 Å². The zero-order chi connectivity index (χ0) is 18.4. The van der Waals surface area contributed by atoms with Crippen molar-refractivity contribution in [1.82, 2.24) is 5.32 Å². The zero-order valence-electron chi connectivity index (χ0n) is 14.9. The van der Waals surface area contributed by atoms with Gasteiger partial charge in [0.25, 0.3) is 5.91 Å². The van der Waals surface area contributed by atoms with Gasteiger partial charge in [0.15, 0.2) is 6.10 Å². The van der Waals surface area contributed by atoms with Gasteiger partial charge in [0.05, 0.1) is 0 Å². The summed E-state index contributed by atoms with van der Waals surface area (Å²) in [6, 6.07) is 15.8. The fourth-order valence-corrected chi connectivity index (χ4v) is 3.29. The number of carbonyl (C=O) groups excluding carboxylic acids is 1. The van der Waals surface area contributed by atoms with Crippen LogP contribution < -0.4 is 10.1 Å². The van der Waals surface area contributed by atoms with E-state index < -0.39 is 6.10 Å². The minimum absolute atomic E-state index is 0.165. The maximum atomic E-state index is 13.3. The van der Waals surface area contributed by atoms with Gasteiger partial charge in [0.1, 0.15) is 11.6 Å². The highest BCUT2D eigenvalue weighted by atomic mass is 19.1. The highest BCUT2D eigenvalue weighted by molar-refractivity contribution is 5.80. The SMILES string of the molecule is CC(Oc1ccccc1)C(=O)NCC1(c2ccc(F)cc2)CCOCC1. The molecule has 1 saturated heterocycles. The molecule has 0 bridgehead atoms. The highest BCUT2D eigenvalue weighted by Crippen LogP contribution is 2.34. The molecule has 138 valence electrons. The summed E-state index contributed by atoms with van der Waals surface area (Å²) in [7, 11) is 0. The highest BCUT2D eigenvalue weighted by Gasteiger charge is 2.35. The smallest absolute Gasteiger partial charge is 0.260 e. The first-order valence-electron chi connectivity index (χ1n) is 8.92. The number of nitrogens with one attached hydrogen (secondary N) is 1. The number of ether oxygens (including phenoxy) is 2. The van der Waals surface area contributed by atoms with Crippen LogP contribution in [0.5, 0.6) is 5.75 Å². The van der Waals surface area contributed by atoms with E-state index in [2.05, 4.69) is 5.32 Å². The van der Waals surface area contributed by atoms with Crippen molar-refractivity contribution in [3.8, 4) is 5.75 Å². The Hall–Kier alpha value is -2.40. The van der Waals surface area contributed by atoms with Crippen LogP contribution in [0.3, 0.4) is 0 Å². The molecular weight excluding hydrogens is 333 g/mol. The Labute approximate surface area is 153 Å². The summed E-state index contributed by atoms with van der Waals surface area (Å²) in [4.78, 5) is 12.5. The predicted octanol–water partition coefficient (Wildman–Crippen LogP) is 3.46. The van der Waals surface area contributed by atoms with Crippen LogP contribution in [0.2, 0.25) is 0 Å². The van der Waals surface area contributed by atoms with Crippen LogP contribution in [-0.2, 0) is 14.9 Å². The standard InChI is InChI=1S/C21H24FNO3/c1-16(26-19-5-3-2-4-6-19)20(24)23-15-21(11-13-25-14-12-21)17-7-9-18(22)10-8-17/h2-10,16H,11-15H2,1H3,(H,23,24). The van der Waals surface area contributed by atoms with Gasteiger partial charge in [-0.2, -0.15) is 0 Å². The number of benzene rings is 2. The lowest BCUT2D eigenvalue weighted by molar-refractivity contribution is -0.127. The fourth-order valence-electron chi connectivity index (χ4n) is 3.29. The molecule has 1 amide bonds. The second-order valence-corrected chi connectivity index (χ2v) is 6.69. The van der Waals surface area contributed by atoms with Crippen molar-refractivity contribution in [2.45, 2.75) is 31.3 Å². The van der Waals surface area contributed by atoms with Crippen LogP contribution in [-0.4, -0.2) is 31.8 Å². The summed E-state index contributed by atoms with van der Waals surface area (Å²) in [5, 5.41) is 3.01. The maximum absolute atomic E-state index is 13.3. The summed E-state index contributed by atoms with van der Waals surface area (Å²) >= 11 is 0. The third-order valence-corrected chi connectivity index (χ3v) is 4.93. The number of halogens is 1. The monoisotopic (exact) mass is 357 g/mol. The second kappa shape index (κ2) is 8.32. The van der Waals surface area contributed by atoms with Crippen molar-refractivity contribution >= 4 is 5.91 Å². The van der Waals surface area contributed by atoms with Gasteiger partial charge in [-0.05, 0) is 49.6 Å². The first-order valence-corrected chi connectivity index (χ1v) is 8.92. The molecule has 1 heterocycles. The Morgan fingerprint density at radius 3 is 2.46 bits per heavy atom. The average molecular weight is 357 g/mol. The van der Waals surface area contributed by atoms with Crippen LogP contribution in [0, 0.1) is 5.82 Å². The molecule has 1 atom stereocenters. The number of para-hydroxylation sites is 1. The number of rotatable bonds is 6. The fraction of sp³-hybridized carbons (Fsp3) is 0.381. The Bertz CT molecular complexity index is 712. The molecule has 0 saturated carbocycles. The van der Waals surface area contributed by atoms with Gasteiger partial charge in [-0.15, -0.1) is 0 Å². The van der Waals surface area contributed by atoms with Crippen molar-refractivity contribution in [3.05, 3.63) is 66.0 Å². The van der Waals surface area contributed by atoms with Crippen LogP contribution in [0.1, 0.15) is 25.3 Å². The third-order valence-electron chi connectivity index (χ3n) is 4.93. The van der Waals surface area contributed by atoms with Gasteiger partial charge < -0.3 is 14.8 Å². The molecule has 0 aliphatic carbocycles. The summed E-state index contributed by atoms with van der Waals surface area (Å²) < 4.78 is 24.5. The van der Waals surface area contributed by atoms with Crippen molar-refractivity contribution in [3.63, 3.8) is 0 Å². The van der Waals surface area contributed by atoms with Crippen molar-refractivity contribution in [2.24, 2.45) is 0 Å². The van der Waals surface area contributed by atoms with Gasteiger partial charge in [-0.1, -0.05) is 30.3 Å². The normalized spacial score (nSPS) is 17.3. The molecule has 1 fully saturated rings. The van der Waals surface area contributed by atoms with Gasteiger partial charge in [-0.3, -0.25) is 4.79 Å². The van der Waals surface area contributed by atoms with E-state index in [1.54, 1.807) is 19.1 Å².